The minimum Gasteiger partial charge on any atom is -0.279 e. The van der Waals surface area contributed by atoms with Crippen molar-refractivity contribution in [2.75, 3.05) is 13.1 Å². The summed E-state index contributed by atoms with van der Waals surface area (Å²) in [5.74, 6) is 0. The lowest BCUT2D eigenvalue weighted by Crippen LogP contribution is -2.21. The van der Waals surface area contributed by atoms with Crippen LogP contribution in [0.25, 0.3) is 0 Å². The summed E-state index contributed by atoms with van der Waals surface area (Å²) < 4.78 is 0. The maximum absolute atomic E-state index is 3.23. The highest BCUT2D eigenvalue weighted by Gasteiger charge is 2.02. The zero-order chi connectivity index (χ0) is 4.24. The van der Waals surface area contributed by atoms with Gasteiger partial charge < -0.3 is 0 Å². The van der Waals surface area contributed by atoms with Gasteiger partial charge in [0.25, 0.3) is 0 Å². The van der Waals surface area contributed by atoms with Crippen LogP contribution >= 0.6 is 0 Å². The van der Waals surface area contributed by atoms with Gasteiger partial charge in [-0.25, -0.2) is 0 Å². The van der Waals surface area contributed by atoms with Crippen LogP contribution in [0.3, 0.4) is 0 Å². The topological polar surface area (TPSA) is 12.0 Å². The van der Waals surface area contributed by atoms with Gasteiger partial charge in [-0.15, -0.1) is 0 Å². The summed E-state index contributed by atoms with van der Waals surface area (Å²) in [6, 6.07) is 0. The third kappa shape index (κ3) is 0.902. The van der Waals surface area contributed by atoms with Crippen LogP contribution in [-0.4, -0.2) is 13.1 Å². The molecule has 1 heterocycles. The molecule has 0 atom stereocenters. The molecule has 0 aliphatic carbocycles. The van der Waals surface area contributed by atoms with Crippen molar-refractivity contribution in [2.24, 2.45) is 0 Å². The van der Waals surface area contributed by atoms with Crippen molar-refractivity contribution >= 4 is 0 Å². The number of rotatable bonds is 0. The van der Waals surface area contributed by atoms with Crippen molar-refractivity contribution < 1.29 is 0 Å². The fourth-order valence-electron chi connectivity index (χ4n) is 0.678. The standard InChI is InChI=1S/C5H10N/c1-2-4-6-5-3-1/h2,6H,1,3-5H2/q+1. The second kappa shape index (κ2) is 2.08. The maximum atomic E-state index is 3.23. The zero-order valence-corrected chi connectivity index (χ0v) is 3.91. The van der Waals surface area contributed by atoms with Gasteiger partial charge in [0.1, 0.15) is 6.54 Å². The highest BCUT2D eigenvalue weighted by Crippen LogP contribution is 1.95. The quantitative estimate of drug-likeness (QED) is 0.423. The van der Waals surface area contributed by atoms with E-state index in [2.05, 4.69) is 11.7 Å². The predicted molar refractivity (Wildman–Crippen MR) is 26.4 cm³/mol. The lowest BCUT2D eigenvalue weighted by molar-refractivity contribution is 0.604. The molecular formula is C5H10N+. The normalized spacial score (nSPS) is 22.7. The summed E-state index contributed by atoms with van der Waals surface area (Å²) in [5.41, 5.74) is 0. The first kappa shape index (κ1) is 4.00. The minimum atomic E-state index is 1.12. The van der Waals surface area contributed by atoms with Crippen LogP contribution in [0.15, 0.2) is 0 Å². The fourth-order valence-corrected chi connectivity index (χ4v) is 0.678. The molecule has 0 aromatic carbocycles. The molecule has 0 saturated carbocycles. The van der Waals surface area contributed by atoms with Crippen LogP contribution in [0, 0.1) is 6.42 Å². The van der Waals surface area contributed by atoms with Gasteiger partial charge in [-0.1, -0.05) is 0 Å². The maximum Gasteiger partial charge on any atom is 0.138 e. The second-order valence-electron chi connectivity index (χ2n) is 1.64. The molecule has 0 radical (unpaired) electrons. The number of hydrogen-bond acceptors (Lipinski definition) is 1. The van der Waals surface area contributed by atoms with Crippen LogP contribution in [0.4, 0.5) is 0 Å². The van der Waals surface area contributed by atoms with Crippen molar-refractivity contribution in [2.45, 2.75) is 12.8 Å². The summed E-state index contributed by atoms with van der Waals surface area (Å²) in [6.07, 6.45) is 4.93. The first-order chi connectivity index (χ1) is 3.00. The van der Waals surface area contributed by atoms with E-state index in [1.165, 1.54) is 19.4 Å². The minimum absolute atomic E-state index is 1.12. The van der Waals surface area contributed by atoms with Crippen LogP contribution in [0.1, 0.15) is 12.8 Å². The predicted octanol–water partition coefficient (Wildman–Crippen LogP) is 0.574. The molecule has 1 fully saturated rings. The van der Waals surface area contributed by atoms with E-state index in [0.29, 0.717) is 0 Å². The molecule has 0 aromatic rings. The van der Waals surface area contributed by atoms with E-state index in [1.807, 2.05) is 0 Å². The Labute approximate surface area is 38.7 Å². The van der Waals surface area contributed by atoms with E-state index in [-0.39, 0.29) is 0 Å². The average molecular weight is 84.1 g/mol. The molecular weight excluding hydrogens is 74.1 g/mol. The Morgan fingerprint density at radius 3 is 2.67 bits per heavy atom. The molecule has 1 N–H and O–H groups in total. The first-order valence-electron chi connectivity index (χ1n) is 2.52. The van der Waals surface area contributed by atoms with Gasteiger partial charge in [0.15, 0.2) is 0 Å². The molecule has 0 unspecified atom stereocenters. The monoisotopic (exact) mass is 84.1 g/mol. The van der Waals surface area contributed by atoms with Crippen molar-refractivity contribution in [3.63, 3.8) is 0 Å². The summed E-state index contributed by atoms with van der Waals surface area (Å²) in [5, 5.41) is 3.23. The van der Waals surface area contributed by atoms with Crippen LogP contribution in [-0.2, 0) is 0 Å². The van der Waals surface area contributed by atoms with Gasteiger partial charge in [-0.3, -0.25) is 5.32 Å². The molecule has 6 heavy (non-hydrogen) atoms. The molecule has 0 amide bonds. The van der Waals surface area contributed by atoms with Gasteiger partial charge in [-0.2, -0.15) is 0 Å². The Bertz CT molecular complexity index is 19.4. The molecule has 1 aliphatic rings. The summed E-state index contributed by atoms with van der Waals surface area (Å²) >= 11 is 0. The van der Waals surface area contributed by atoms with Crippen molar-refractivity contribution in [3.05, 3.63) is 6.42 Å². The third-order valence-electron chi connectivity index (χ3n) is 1.05. The molecule has 1 rings (SSSR count). The highest BCUT2D eigenvalue weighted by molar-refractivity contribution is 4.72. The van der Waals surface area contributed by atoms with Gasteiger partial charge in [0, 0.05) is 13.0 Å². The third-order valence-corrected chi connectivity index (χ3v) is 1.05. The van der Waals surface area contributed by atoms with E-state index in [1.54, 1.807) is 0 Å². The van der Waals surface area contributed by atoms with Gasteiger partial charge in [0.05, 0.1) is 12.8 Å². The van der Waals surface area contributed by atoms with Gasteiger partial charge in [0.2, 0.25) is 0 Å². The van der Waals surface area contributed by atoms with Crippen LogP contribution < -0.4 is 5.32 Å². The molecule has 0 aromatic heterocycles. The molecule has 34 valence electrons. The lowest BCUT2D eigenvalue weighted by atomic mass is 10.2. The number of hydrogen-bond donors (Lipinski definition) is 1. The average Bonchev–Trinajstić information content (AvgIpc) is 1.72. The zero-order valence-electron chi connectivity index (χ0n) is 3.91. The molecule has 0 bridgehead atoms. The Morgan fingerprint density at radius 1 is 1.50 bits per heavy atom. The van der Waals surface area contributed by atoms with Crippen LogP contribution in [0.5, 0.6) is 0 Å². The Balaban J connectivity index is 2.00. The fraction of sp³-hybridized carbons (Fsp3) is 0.800. The summed E-state index contributed by atoms with van der Waals surface area (Å²) in [7, 11) is 0. The first-order valence-corrected chi connectivity index (χ1v) is 2.52. The smallest absolute Gasteiger partial charge is 0.138 e. The van der Waals surface area contributed by atoms with Crippen molar-refractivity contribution in [1.82, 2.24) is 5.32 Å². The van der Waals surface area contributed by atoms with Crippen LogP contribution in [0.2, 0.25) is 0 Å². The van der Waals surface area contributed by atoms with E-state index in [4.69, 9.17) is 0 Å². The Kier molecular flexibility index (Phi) is 1.39. The van der Waals surface area contributed by atoms with Gasteiger partial charge in [-0.05, 0) is 0 Å². The second-order valence-corrected chi connectivity index (χ2v) is 1.64. The molecule has 1 saturated heterocycles. The lowest BCUT2D eigenvalue weighted by Gasteiger charge is -2.00. The Hall–Kier alpha value is -0.170. The summed E-state index contributed by atoms with van der Waals surface area (Å²) in [4.78, 5) is 0. The number of piperidine rings is 1. The number of nitrogens with one attached hydrogen (secondary N) is 1. The molecule has 0 spiro atoms. The van der Waals surface area contributed by atoms with E-state index < -0.39 is 0 Å². The Morgan fingerprint density at radius 2 is 2.50 bits per heavy atom. The van der Waals surface area contributed by atoms with E-state index >= 15 is 0 Å². The largest absolute Gasteiger partial charge is 0.279 e. The van der Waals surface area contributed by atoms with E-state index in [0.717, 1.165) is 6.54 Å². The van der Waals surface area contributed by atoms with Gasteiger partial charge >= 0.3 is 0 Å². The van der Waals surface area contributed by atoms with E-state index in [9.17, 15) is 0 Å². The summed E-state index contributed by atoms with van der Waals surface area (Å²) in [6.45, 7) is 2.34. The highest BCUT2D eigenvalue weighted by atomic mass is 14.9. The van der Waals surface area contributed by atoms with Crippen molar-refractivity contribution in [3.8, 4) is 0 Å². The van der Waals surface area contributed by atoms with Crippen molar-refractivity contribution in [1.29, 1.82) is 0 Å². The molecule has 1 aliphatic heterocycles. The SMILES string of the molecule is [CH+]1CCCNC1. The molecule has 1 nitrogen and oxygen atoms in total. The molecule has 1 heteroatoms.